The highest BCUT2D eigenvalue weighted by molar-refractivity contribution is 6.00. The van der Waals surface area contributed by atoms with Crippen molar-refractivity contribution in [1.29, 1.82) is 0 Å². The predicted molar refractivity (Wildman–Crippen MR) is 312 cm³/mol. The monoisotopic (exact) mass is 1170 g/mol. The minimum absolute atomic E-state index is 0.0531. The van der Waals surface area contributed by atoms with Gasteiger partial charge in [0.05, 0.1) is 12.6 Å². The number of primary amides is 1. The Morgan fingerprint density at radius 3 is 1.17 bits per heavy atom. The quantitative estimate of drug-likeness (QED) is 0.0442. The van der Waals surface area contributed by atoms with Crippen LogP contribution in [0, 0.1) is 29.6 Å². The van der Waals surface area contributed by atoms with Crippen LogP contribution in [0.1, 0.15) is 182 Å². The van der Waals surface area contributed by atoms with Crippen molar-refractivity contribution in [3.8, 4) is 0 Å². The summed E-state index contributed by atoms with van der Waals surface area (Å²) < 4.78 is 0. The topological polar surface area (TPSA) is 366 Å². The van der Waals surface area contributed by atoms with Crippen molar-refractivity contribution in [2.24, 2.45) is 35.3 Å². The molecule has 0 spiro atoms. The fourth-order valence-corrected chi connectivity index (χ4v) is 10.2. The fraction of sp³-hybridized carbons (Fsp3) is 0.793. The summed E-state index contributed by atoms with van der Waals surface area (Å²) in [6, 6.07) is -8.48. The summed E-state index contributed by atoms with van der Waals surface area (Å²) in [5, 5.41) is 34.3. The van der Waals surface area contributed by atoms with Gasteiger partial charge in [-0.15, -0.1) is 0 Å². The van der Waals surface area contributed by atoms with Crippen molar-refractivity contribution in [3.63, 3.8) is 0 Å². The van der Waals surface area contributed by atoms with Gasteiger partial charge in [0.15, 0.2) is 0 Å². The second kappa shape index (κ2) is 32.0. The lowest BCUT2D eigenvalue weighted by Gasteiger charge is -2.35. The van der Waals surface area contributed by atoms with Crippen molar-refractivity contribution in [2.75, 3.05) is 19.7 Å². The lowest BCUT2D eigenvalue weighted by atomic mass is 9.97. The van der Waals surface area contributed by atoms with E-state index in [0.29, 0.717) is 19.3 Å². The van der Waals surface area contributed by atoms with E-state index in [1.807, 2.05) is 69.2 Å². The van der Waals surface area contributed by atoms with E-state index in [2.05, 4.69) is 47.9 Å². The van der Waals surface area contributed by atoms with Gasteiger partial charge in [0.1, 0.15) is 58.9 Å². The number of carbonyl (C=O) groups excluding carboxylic acids is 12. The lowest BCUT2D eigenvalue weighted by Crippen LogP contribution is -2.64. The van der Waals surface area contributed by atoms with E-state index >= 15 is 0 Å². The largest absolute Gasteiger partial charge is 0.394 e. The zero-order chi connectivity index (χ0) is 63.6. The molecule has 0 bridgehead atoms. The first-order valence-electron chi connectivity index (χ1n) is 29.5. The first-order chi connectivity index (χ1) is 38.2. The Labute approximate surface area is 491 Å². The van der Waals surface area contributed by atoms with Gasteiger partial charge in [-0.05, 0) is 129 Å². The molecular formula is C58H102N12O13. The molecule has 8 atom stereocenters. The maximum Gasteiger partial charge on any atom is 0.248 e. The third-order valence-electron chi connectivity index (χ3n) is 14.6. The molecule has 25 nitrogen and oxygen atoms in total. The lowest BCUT2D eigenvalue weighted by molar-refractivity contribution is -0.146. The molecule has 12 amide bonds. The molecule has 83 heavy (non-hydrogen) atoms. The third kappa shape index (κ3) is 22.9. The van der Waals surface area contributed by atoms with Crippen LogP contribution in [-0.2, 0) is 57.5 Å². The number of rotatable bonds is 32. The van der Waals surface area contributed by atoms with Gasteiger partial charge in [0, 0.05) is 26.4 Å². The Hall–Kier alpha value is -6.40. The van der Waals surface area contributed by atoms with E-state index in [1.165, 1.54) is 58.3 Å². The van der Waals surface area contributed by atoms with Crippen molar-refractivity contribution in [2.45, 2.75) is 247 Å². The fourth-order valence-electron chi connectivity index (χ4n) is 10.2. The normalized spacial score (nSPS) is 17.9. The molecule has 2 aliphatic heterocycles. The summed E-state index contributed by atoms with van der Waals surface area (Å²) in [6.45, 7) is 28.6. The van der Waals surface area contributed by atoms with Gasteiger partial charge in [0.2, 0.25) is 70.9 Å². The summed E-state index contributed by atoms with van der Waals surface area (Å²) in [4.78, 5) is 167. The molecule has 25 heteroatoms. The number of nitrogens with zero attached hydrogens (tertiary/aromatic N) is 2. The van der Waals surface area contributed by atoms with Crippen LogP contribution in [0.25, 0.3) is 0 Å². The molecule has 2 aliphatic rings. The summed E-state index contributed by atoms with van der Waals surface area (Å²) in [6.07, 6.45) is 1.60. The van der Waals surface area contributed by atoms with Crippen LogP contribution < -0.4 is 53.6 Å². The van der Waals surface area contributed by atoms with Crippen molar-refractivity contribution >= 4 is 70.9 Å². The number of amides is 12. The van der Waals surface area contributed by atoms with Crippen LogP contribution in [-0.4, -0.2) is 170 Å². The average molecular weight is 1180 g/mol. The molecule has 0 aromatic rings. The minimum Gasteiger partial charge on any atom is -0.394 e. The van der Waals surface area contributed by atoms with Gasteiger partial charge < -0.3 is 68.5 Å². The Balaban J connectivity index is 2.32. The zero-order valence-corrected chi connectivity index (χ0v) is 52.5. The second-order valence-electron chi connectivity index (χ2n) is 26.2. The van der Waals surface area contributed by atoms with E-state index in [-0.39, 0.29) is 94.2 Å². The van der Waals surface area contributed by atoms with Crippen LogP contribution in [0.3, 0.4) is 0 Å². The standard InChI is InChI=1S/C58H102N12O13/c1-31(2)26-38(60-46(74)37(22-23-45(59)73)65-53(81)56(12,13)66-36(11)72)47(75)61-40(28-33(5)6)49(77)67-57(14,15)54(82)69-24-18-20-43(69)51(79)63-39(27-32(3)4)48(76)62-41(29-34(7)8)50(78)68-58(16,17)55(83)70-25-19-21-44(70)52(80)64-42(30-71)35(9)10/h31-35,37-44,71H,18-30H2,1-17H3,(H2,59,73)(H,60,74)(H,61,75)(H,62,76)(H,63,79)(H,64,80)(H,65,81)(H,66,72)(H,67,77)(H,68,78)/t37-,38-,39-,40+,41+,42+,43+,44+/m0/s1. The van der Waals surface area contributed by atoms with Gasteiger partial charge in [-0.3, -0.25) is 57.5 Å². The summed E-state index contributed by atoms with van der Waals surface area (Å²) in [5.41, 5.74) is 0.763. The summed E-state index contributed by atoms with van der Waals surface area (Å²) in [7, 11) is 0. The highest BCUT2D eigenvalue weighted by atomic mass is 16.3. The number of nitrogens with one attached hydrogen (secondary N) is 9. The third-order valence-corrected chi connectivity index (χ3v) is 14.6. The predicted octanol–water partition coefficient (Wildman–Crippen LogP) is 0.680. The second-order valence-corrected chi connectivity index (χ2v) is 26.2. The van der Waals surface area contributed by atoms with E-state index in [0.717, 1.165) is 0 Å². The van der Waals surface area contributed by atoms with Crippen LogP contribution in [0.4, 0.5) is 0 Å². The number of aliphatic hydroxyl groups is 1. The number of carbonyl (C=O) groups is 12. The number of hydrogen-bond acceptors (Lipinski definition) is 13. The smallest absolute Gasteiger partial charge is 0.248 e. The van der Waals surface area contributed by atoms with Crippen LogP contribution in [0.2, 0.25) is 0 Å². The summed E-state index contributed by atoms with van der Waals surface area (Å²) >= 11 is 0. The van der Waals surface area contributed by atoms with E-state index in [4.69, 9.17) is 5.73 Å². The van der Waals surface area contributed by atoms with Gasteiger partial charge in [0.25, 0.3) is 0 Å². The molecule has 2 rings (SSSR count). The Bertz CT molecular complexity index is 2320. The Morgan fingerprint density at radius 2 is 0.831 bits per heavy atom. The molecule has 2 saturated heterocycles. The Morgan fingerprint density at radius 1 is 0.482 bits per heavy atom. The van der Waals surface area contributed by atoms with Gasteiger partial charge >= 0.3 is 0 Å². The van der Waals surface area contributed by atoms with E-state index in [1.54, 1.807) is 0 Å². The first kappa shape index (κ1) is 72.7. The Kier molecular flexibility index (Phi) is 28.1. The van der Waals surface area contributed by atoms with Crippen LogP contribution in [0.5, 0.6) is 0 Å². The van der Waals surface area contributed by atoms with Crippen molar-refractivity contribution < 1.29 is 62.6 Å². The van der Waals surface area contributed by atoms with Crippen LogP contribution in [0.15, 0.2) is 0 Å². The average Bonchev–Trinajstić information content (AvgIpc) is 4.05. The van der Waals surface area contributed by atoms with Gasteiger partial charge in [-0.2, -0.15) is 0 Å². The molecule has 0 saturated carbocycles. The highest BCUT2D eigenvalue weighted by Crippen LogP contribution is 2.25. The molecule has 0 radical (unpaired) electrons. The van der Waals surface area contributed by atoms with E-state index < -0.39 is 136 Å². The molecule has 0 aromatic carbocycles. The summed E-state index contributed by atoms with van der Waals surface area (Å²) in [5.74, 6) is -8.35. The van der Waals surface area contributed by atoms with E-state index in [9.17, 15) is 62.6 Å². The first-order valence-corrected chi connectivity index (χ1v) is 29.5. The molecule has 2 heterocycles. The van der Waals surface area contributed by atoms with Crippen LogP contribution >= 0.6 is 0 Å². The molecule has 2 fully saturated rings. The molecule has 0 unspecified atom stereocenters. The maximum atomic E-state index is 14.5. The highest BCUT2D eigenvalue weighted by Gasteiger charge is 2.46. The van der Waals surface area contributed by atoms with Crippen molar-refractivity contribution in [1.82, 2.24) is 57.7 Å². The number of hydrogen-bond donors (Lipinski definition) is 11. The minimum atomic E-state index is -1.65. The molecule has 0 aromatic heterocycles. The number of likely N-dealkylation sites (tertiary alicyclic amines) is 2. The number of aliphatic hydroxyl groups excluding tert-OH is 1. The molecule has 12 N–H and O–H groups in total. The van der Waals surface area contributed by atoms with Gasteiger partial charge in [-0.25, -0.2) is 0 Å². The van der Waals surface area contributed by atoms with Gasteiger partial charge in [-0.1, -0.05) is 69.2 Å². The molecule has 472 valence electrons. The molecule has 0 aliphatic carbocycles. The molecular weight excluding hydrogens is 1070 g/mol. The SMILES string of the molecule is CC(=O)NC(C)(C)C(=O)N[C@@H](CCC(N)=O)C(=O)N[C@@H](CC(C)C)C(=O)N[C@H](CC(C)C)C(=O)NC(C)(C)C(=O)N1CCC[C@@H]1C(=O)N[C@@H](CC(C)C)C(=O)N[C@H](CC(C)C)C(=O)NC(C)(C)C(=O)N1CCC[C@@H]1C(=O)N[C@H](CO)C(C)C. The van der Waals surface area contributed by atoms with Crippen molar-refractivity contribution in [3.05, 3.63) is 0 Å². The zero-order valence-electron chi connectivity index (χ0n) is 52.5. The maximum absolute atomic E-state index is 14.5. The number of nitrogens with two attached hydrogens (primary N) is 1.